The minimum absolute atomic E-state index is 0.0546. The molecule has 0 aliphatic rings. The molecule has 0 fully saturated rings. The summed E-state index contributed by atoms with van der Waals surface area (Å²) in [7, 11) is 1.48. The monoisotopic (exact) mass is 603 g/mol. The first-order valence-corrected chi connectivity index (χ1v) is 12.1. The number of halogens is 2. The van der Waals surface area contributed by atoms with E-state index in [2.05, 4.69) is 10.6 Å². The van der Waals surface area contributed by atoms with Gasteiger partial charge in [0.25, 0.3) is 11.1 Å². The molecule has 0 spiro atoms. The Hall–Kier alpha value is -3.74. The van der Waals surface area contributed by atoms with Gasteiger partial charge in [-0.2, -0.15) is 0 Å². The highest BCUT2D eigenvalue weighted by Crippen LogP contribution is 2.27. The predicted molar refractivity (Wildman–Crippen MR) is 146 cm³/mol. The van der Waals surface area contributed by atoms with E-state index >= 15 is 0 Å². The van der Waals surface area contributed by atoms with Crippen LogP contribution in [0.1, 0.15) is 19.4 Å². The van der Waals surface area contributed by atoms with Crippen molar-refractivity contribution in [1.82, 2.24) is 13.7 Å². The summed E-state index contributed by atoms with van der Waals surface area (Å²) in [6.45, 7) is 4.62. The van der Waals surface area contributed by atoms with Gasteiger partial charge in [-0.25, -0.2) is 9.18 Å². The largest absolute Gasteiger partial charge is 0.338 e. The Kier molecular flexibility index (Phi) is 6.85. The minimum atomic E-state index is -0.641. The molecule has 0 saturated heterocycles. The maximum atomic E-state index is 14.7. The number of hydrogen-bond acceptors (Lipinski definition) is 5. The summed E-state index contributed by atoms with van der Waals surface area (Å²) >= 11 is 1.98. The van der Waals surface area contributed by atoms with Crippen LogP contribution in [0.25, 0.3) is 16.6 Å². The van der Waals surface area contributed by atoms with E-state index in [0.29, 0.717) is 14.9 Å². The van der Waals surface area contributed by atoms with Gasteiger partial charge in [0, 0.05) is 35.3 Å². The third kappa shape index (κ3) is 4.34. The Morgan fingerprint density at radius 1 is 1.08 bits per heavy atom. The number of rotatable bonds is 5. The number of nitrogens with zero attached hydrogens (tertiary/aromatic N) is 3. The Balaban J connectivity index is 2.16. The maximum absolute atomic E-state index is 14.7. The molecule has 2 aromatic heterocycles. The van der Waals surface area contributed by atoms with Crippen molar-refractivity contribution in [3.8, 4) is 5.69 Å². The standard InChI is InChI=1S/C25H23FIN5O4/c1-5-31-24(35)20-21(32(25(31)36)17-8-6-7-16(12-17)28-14(3)33)13(2)23(34)30(4)22(20)29-19-10-9-15(27)11-18(19)26/h6-12,29H,5H2,1-4H3,(H,28,33). The lowest BCUT2D eigenvalue weighted by Crippen LogP contribution is -2.41. The van der Waals surface area contributed by atoms with Crippen LogP contribution in [-0.4, -0.2) is 19.6 Å². The molecule has 36 heavy (non-hydrogen) atoms. The second kappa shape index (κ2) is 9.72. The molecule has 2 N–H and O–H groups in total. The average Bonchev–Trinajstić information content (AvgIpc) is 2.82. The van der Waals surface area contributed by atoms with Gasteiger partial charge in [-0.15, -0.1) is 0 Å². The number of pyridine rings is 1. The molecule has 11 heteroatoms. The van der Waals surface area contributed by atoms with Gasteiger partial charge in [0.05, 0.1) is 16.9 Å². The summed E-state index contributed by atoms with van der Waals surface area (Å²) < 4.78 is 19.0. The molecule has 0 radical (unpaired) electrons. The first-order valence-electron chi connectivity index (χ1n) is 11.0. The molecule has 0 atom stereocenters. The van der Waals surface area contributed by atoms with E-state index < -0.39 is 22.6 Å². The van der Waals surface area contributed by atoms with E-state index in [1.54, 1.807) is 37.3 Å². The van der Waals surface area contributed by atoms with Gasteiger partial charge in [-0.1, -0.05) is 6.07 Å². The van der Waals surface area contributed by atoms with Gasteiger partial charge in [-0.3, -0.25) is 28.1 Å². The lowest BCUT2D eigenvalue weighted by Gasteiger charge is -2.20. The number of aromatic nitrogens is 3. The van der Waals surface area contributed by atoms with Gasteiger partial charge in [0.15, 0.2) is 0 Å². The van der Waals surface area contributed by atoms with E-state index in [-0.39, 0.29) is 40.4 Å². The summed E-state index contributed by atoms with van der Waals surface area (Å²) in [6, 6.07) is 11.1. The lowest BCUT2D eigenvalue weighted by atomic mass is 10.1. The Morgan fingerprint density at radius 3 is 2.44 bits per heavy atom. The van der Waals surface area contributed by atoms with Crippen molar-refractivity contribution in [2.75, 3.05) is 10.6 Å². The zero-order valence-electron chi connectivity index (χ0n) is 20.0. The van der Waals surface area contributed by atoms with Gasteiger partial charge in [-0.05, 0) is 72.8 Å². The Bertz CT molecular complexity index is 1720. The molecular formula is C25H23FIN5O4. The zero-order valence-corrected chi connectivity index (χ0v) is 22.1. The van der Waals surface area contributed by atoms with Crippen molar-refractivity contribution in [2.24, 2.45) is 7.05 Å². The van der Waals surface area contributed by atoms with Crippen LogP contribution in [0.5, 0.6) is 0 Å². The fourth-order valence-electron chi connectivity index (χ4n) is 4.15. The highest BCUT2D eigenvalue weighted by Gasteiger charge is 2.23. The molecule has 4 aromatic rings. The van der Waals surface area contributed by atoms with Gasteiger partial charge in [0.2, 0.25) is 5.91 Å². The zero-order chi connectivity index (χ0) is 26.3. The molecule has 2 aromatic carbocycles. The molecular weight excluding hydrogens is 580 g/mol. The number of amides is 1. The van der Waals surface area contributed by atoms with E-state index in [1.807, 2.05) is 22.6 Å². The van der Waals surface area contributed by atoms with E-state index in [4.69, 9.17) is 0 Å². The van der Waals surface area contributed by atoms with Crippen molar-refractivity contribution < 1.29 is 9.18 Å². The quantitative estimate of drug-likeness (QED) is 0.339. The van der Waals surface area contributed by atoms with Crippen molar-refractivity contribution >= 4 is 56.6 Å². The topological polar surface area (TPSA) is 107 Å². The number of anilines is 3. The molecule has 0 unspecified atom stereocenters. The SMILES string of the molecule is CCn1c(=O)c2c(Nc3ccc(I)cc3F)n(C)c(=O)c(C)c2n(-c2cccc(NC(C)=O)c2)c1=O. The lowest BCUT2D eigenvalue weighted by molar-refractivity contribution is -0.114. The van der Waals surface area contributed by atoms with Gasteiger partial charge < -0.3 is 10.6 Å². The van der Waals surface area contributed by atoms with E-state index in [9.17, 15) is 23.6 Å². The van der Waals surface area contributed by atoms with Crippen molar-refractivity contribution in [3.63, 3.8) is 0 Å². The Morgan fingerprint density at radius 2 is 1.81 bits per heavy atom. The highest BCUT2D eigenvalue weighted by molar-refractivity contribution is 14.1. The fourth-order valence-corrected chi connectivity index (χ4v) is 4.60. The van der Waals surface area contributed by atoms with Crippen molar-refractivity contribution in [2.45, 2.75) is 27.3 Å². The van der Waals surface area contributed by atoms with E-state index in [0.717, 1.165) is 4.57 Å². The number of fused-ring (bicyclic) bond motifs is 1. The number of carbonyl (C=O) groups is 1. The summed E-state index contributed by atoms with van der Waals surface area (Å²) in [5.74, 6) is -0.797. The van der Waals surface area contributed by atoms with Crippen molar-refractivity contribution in [1.29, 1.82) is 0 Å². The first kappa shape index (κ1) is 25.4. The first-order chi connectivity index (χ1) is 17.0. The molecule has 2 heterocycles. The fraction of sp³-hybridized carbons (Fsp3) is 0.200. The maximum Gasteiger partial charge on any atom is 0.336 e. The number of aryl methyl sites for hydroxylation is 1. The molecule has 9 nitrogen and oxygen atoms in total. The molecule has 0 aliphatic heterocycles. The second-order valence-corrected chi connectivity index (χ2v) is 9.46. The molecule has 186 valence electrons. The summed E-state index contributed by atoms with van der Waals surface area (Å²) in [5, 5.41) is 5.63. The van der Waals surface area contributed by atoms with Crippen LogP contribution in [0.4, 0.5) is 21.6 Å². The number of benzene rings is 2. The predicted octanol–water partition coefficient (Wildman–Crippen LogP) is 3.63. The summed E-state index contributed by atoms with van der Waals surface area (Å²) in [5.41, 5.74) is -0.582. The number of carbonyl (C=O) groups excluding carboxylic acids is 1. The van der Waals surface area contributed by atoms with Crippen LogP contribution in [0.3, 0.4) is 0 Å². The third-order valence-corrected chi connectivity index (χ3v) is 6.49. The summed E-state index contributed by atoms with van der Waals surface area (Å²) in [6.07, 6.45) is 0. The van der Waals surface area contributed by atoms with Crippen LogP contribution < -0.4 is 27.4 Å². The van der Waals surface area contributed by atoms with Crippen LogP contribution in [0, 0.1) is 16.3 Å². The summed E-state index contributed by atoms with van der Waals surface area (Å²) in [4.78, 5) is 51.9. The average molecular weight is 603 g/mol. The number of nitrogens with one attached hydrogen (secondary N) is 2. The molecule has 1 amide bonds. The molecule has 0 saturated carbocycles. The number of hydrogen-bond donors (Lipinski definition) is 2. The Labute approximate surface area is 218 Å². The van der Waals surface area contributed by atoms with Crippen LogP contribution >= 0.6 is 22.6 Å². The molecule has 0 bridgehead atoms. The van der Waals surface area contributed by atoms with Crippen molar-refractivity contribution in [3.05, 3.63) is 88.6 Å². The van der Waals surface area contributed by atoms with Crippen LogP contribution in [-0.2, 0) is 18.4 Å². The van der Waals surface area contributed by atoms with E-state index in [1.165, 1.54) is 42.2 Å². The highest BCUT2D eigenvalue weighted by atomic mass is 127. The molecule has 0 aliphatic carbocycles. The molecule has 4 rings (SSSR count). The third-order valence-electron chi connectivity index (χ3n) is 5.82. The second-order valence-electron chi connectivity index (χ2n) is 8.21. The van der Waals surface area contributed by atoms with Crippen LogP contribution in [0.2, 0.25) is 0 Å². The van der Waals surface area contributed by atoms with Gasteiger partial charge in [0.1, 0.15) is 17.0 Å². The van der Waals surface area contributed by atoms with Crippen LogP contribution in [0.15, 0.2) is 56.8 Å². The van der Waals surface area contributed by atoms with Gasteiger partial charge >= 0.3 is 5.69 Å². The normalized spacial score (nSPS) is 11.1. The minimum Gasteiger partial charge on any atom is -0.338 e. The smallest absolute Gasteiger partial charge is 0.336 e.